The normalized spacial score (nSPS) is 14.7. The molecule has 3 amide bonds. The molecule has 13 heteroatoms. The summed E-state index contributed by atoms with van der Waals surface area (Å²) < 4.78 is 0. The molecule has 0 aromatic heterocycles. The second kappa shape index (κ2) is 15.4. The fraction of sp³-hybridized carbons (Fsp3) is 0.737. The summed E-state index contributed by atoms with van der Waals surface area (Å²) in [4.78, 5) is 59.8. The van der Waals surface area contributed by atoms with E-state index in [1.54, 1.807) is 0 Å². The van der Waals surface area contributed by atoms with Gasteiger partial charge in [0.25, 0.3) is 0 Å². The summed E-state index contributed by atoms with van der Waals surface area (Å²) in [7, 11) is 0. The van der Waals surface area contributed by atoms with Gasteiger partial charge in [0.05, 0.1) is 12.5 Å². The fourth-order valence-electron chi connectivity index (χ4n) is 2.77. The number of nitrogens with two attached hydrogens (primary N) is 2. The van der Waals surface area contributed by atoms with Crippen molar-refractivity contribution in [3.8, 4) is 0 Å². The number of amides is 3. The summed E-state index contributed by atoms with van der Waals surface area (Å²) in [5.74, 6) is -5.10. The predicted molar refractivity (Wildman–Crippen MR) is 120 cm³/mol. The summed E-state index contributed by atoms with van der Waals surface area (Å²) in [6.45, 7) is 4.09. The zero-order valence-corrected chi connectivity index (χ0v) is 19.3. The quantitative estimate of drug-likeness (QED) is 0.0950. The van der Waals surface area contributed by atoms with Crippen molar-refractivity contribution in [2.24, 2.45) is 17.4 Å². The number of carbonyl (C=O) groups excluding carboxylic acids is 3. The highest BCUT2D eigenvalue weighted by Gasteiger charge is 2.30. The highest BCUT2D eigenvalue weighted by Crippen LogP contribution is 2.05. The average Bonchev–Trinajstić information content (AvgIpc) is 2.69. The van der Waals surface area contributed by atoms with Crippen LogP contribution < -0.4 is 27.4 Å². The van der Waals surface area contributed by atoms with Gasteiger partial charge in [0, 0.05) is 5.75 Å². The Balaban J connectivity index is 5.19. The van der Waals surface area contributed by atoms with Crippen LogP contribution in [0.3, 0.4) is 0 Å². The minimum absolute atomic E-state index is 0.104. The first-order valence-corrected chi connectivity index (χ1v) is 11.0. The zero-order valence-electron chi connectivity index (χ0n) is 18.4. The molecule has 184 valence electrons. The van der Waals surface area contributed by atoms with E-state index < -0.39 is 60.2 Å². The third-order valence-corrected chi connectivity index (χ3v) is 4.82. The van der Waals surface area contributed by atoms with Gasteiger partial charge in [-0.25, -0.2) is 4.79 Å². The van der Waals surface area contributed by atoms with Gasteiger partial charge < -0.3 is 37.6 Å². The molecule has 0 saturated heterocycles. The molecule has 0 heterocycles. The first-order chi connectivity index (χ1) is 14.9. The van der Waals surface area contributed by atoms with E-state index in [1.165, 1.54) is 0 Å². The van der Waals surface area contributed by atoms with Crippen LogP contribution in [-0.2, 0) is 24.0 Å². The van der Waals surface area contributed by atoms with Gasteiger partial charge in [0.1, 0.15) is 18.1 Å². The van der Waals surface area contributed by atoms with Crippen molar-refractivity contribution in [1.29, 1.82) is 0 Å². The lowest BCUT2D eigenvalue weighted by atomic mass is 10.0. The van der Waals surface area contributed by atoms with Crippen LogP contribution in [0.4, 0.5) is 0 Å². The maximum atomic E-state index is 12.6. The third kappa shape index (κ3) is 11.9. The Labute approximate surface area is 192 Å². The molecule has 0 aliphatic heterocycles. The Morgan fingerprint density at radius 3 is 1.88 bits per heavy atom. The molecule has 12 nitrogen and oxygen atoms in total. The molecule has 9 N–H and O–H groups in total. The number of carboxylic acids is 2. The second-order valence-corrected chi connectivity index (χ2v) is 8.19. The van der Waals surface area contributed by atoms with Crippen molar-refractivity contribution in [2.75, 3.05) is 12.3 Å². The number of aliphatic carboxylic acids is 2. The van der Waals surface area contributed by atoms with Gasteiger partial charge in [0.15, 0.2) is 0 Å². The Bertz CT molecular complexity index is 662. The summed E-state index contributed by atoms with van der Waals surface area (Å²) in [6, 6.07) is -4.85. The summed E-state index contributed by atoms with van der Waals surface area (Å²) in [5.41, 5.74) is 11.2. The Kier molecular flexibility index (Phi) is 14.3. The van der Waals surface area contributed by atoms with Crippen LogP contribution in [0.15, 0.2) is 0 Å². The number of carboxylic acid groups (broad SMARTS) is 2. The SMILES string of the molecule is CC(C)CC(N)C(=O)NC(CC(=O)O)C(=O)NC(CS)C(=O)NC(CCCCN)C(=O)O. The van der Waals surface area contributed by atoms with E-state index in [0.29, 0.717) is 25.8 Å². The van der Waals surface area contributed by atoms with Gasteiger partial charge in [-0.15, -0.1) is 0 Å². The van der Waals surface area contributed by atoms with Crippen LogP contribution >= 0.6 is 12.6 Å². The van der Waals surface area contributed by atoms with Crippen LogP contribution in [0.2, 0.25) is 0 Å². The lowest BCUT2D eigenvalue weighted by molar-refractivity contribution is -0.143. The highest BCUT2D eigenvalue weighted by atomic mass is 32.1. The van der Waals surface area contributed by atoms with E-state index in [1.807, 2.05) is 13.8 Å². The van der Waals surface area contributed by atoms with Gasteiger partial charge in [-0.1, -0.05) is 13.8 Å². The maximum absolute atomic E-state index is 12.6. The van der Waals surface area contributed by atoms with Crippen LogP contribution in [0.5, 0.6) is 0 Å². The molecule has 0 aromatic carbocycles. The molecule has 4 unspecified atom stereocenters. The number of unbranched alkanes of at least 4 members (excludes halogenated alkanes) is 1. The Morgan fingerprint density at radius 1 is 0.875 bits per heavy atom. The summed E-state index contributed by atoms with van der Waals surface area (Å²) in [6.07, 6.45) is 0.813. The van der Waals surface area contributed by atoms with Gasteiger partial charge in [0.2, 0.25) is 17.7 Å². The third-order valence-electron chi connectivity index (χ3n) is 4.45. The van der Waals surface area contributed by atoms with Crippen molar-refractivity contribution in [3.05, 3.63) is 0 Å². The number of nitrogens with one attached hydrogen (secondary N) is 3. The molecule has 0 spiro atoms. The molecule has 0 aliphatic rings. The maximum Gasteiger partial charge on any atom is 0.326 e. The van der Waals surface area contributed by atoms with E-state index in [0.717, 1.165) is 0 Å². The molecule has 0 aromatic rings. The van der Waals surface area contributed by atoms with Crippen LogP contribution in [-0.4, -0.2) is 76.3 Å². The van der Waals surface area contributed by atoms with Gasteiger partial charge in [-0.05, 0) is 38.1 Å². The number of hydrogen-bond acceptors (Lipinski definition) is 8. The predicted octanol–water partition coefficient (Wildman–Crippen LogP) is -1.57. The molecular weight excluding hydrogens is 442 g/mol. The minimum Gasteiger partial charge on any atom is -0.481 e. The number of rotatable bonds is 16. The monoisotopic (exact) mass is 477 g/mol. The lowest BCUT2D eigenvalue weighted by Crippen LogP contribution is -2.58. The second-order valence-electron chi connectivity index (χ2n) is 7.82. The lowest BCUT2D eigenvalue weighted by Gasteiger charge is -2.24. The first-order valence-electron chi connectivity index (χ1n) is 10.3. The molecule has 0 radical (unpaired) electrons. The minimum atomic E-state index is -1.48. The zero-order chi connectivity index (χ0) is 24.8. The van der Waals surface area contributed by atoms with Crippen molar-refractivity contribution in [1.82, 2.24) is 16.0 Å². The smallest absolute Gasteiger partial charge is 0.326 e. The van der Waals surface area contributed by atoms with Crippen LogP contribution in [0.1, 0.15) is 46.0 Å². The van der Waals surface area contributed by atoms with E-state index in [2.05, 4.69) is 28.6 Å². The first kappa shape index (κ1) is 29.6. The number of carbonyl (C=O) groups is 5. The molecule has 0 saturated carbocycles. The van der Waals surface area contributed by atoms with Crippen LogP contribution in [0.25, 0.3) is 0 Å². The van der Waals surface area contributed by atoms with Crippen molar-refractivity contribution in [3.63, 3.8) is 0 Å². The van der Waals surface area contributed by atoms with E-state index >= 15 is 0 Å². The molecule has 4 atom stereocenters. The molecule has 0 bridgehead atoms. The number of hydrogen-bond donors (Lipinski definition) is 8. The highest BCUT2D eigenvalue weighted by molar-refractivity contribution is 7.80. The van der Waals surface area contributed by atoms with E-state index in [-0.39, 0.29) is 18.1 Å². The van der Waals surface area contributed by atoms with Crippen molar-refractivity contribution < 1.29 is 34.2 Å². The average molecular weight is 478 g/mol. The van der Waals surface area contributed by atoms with Gasteiger partial charge >= 0.3 is 11.9 Å². The molecule has 0 fully saturated rings. The topological polar surface area (TPSA) is 214 Å². The van der Waals surface area contributed by atoms with E-state index in [4.69, 9.17) is 16.6 Å². The summed E-state index contributed by atoms with van der Waals surface area (Å²) >= 11 is 4.00. The molecule has 0 aliphatic carbocycles. The Morgan fingerprint density at radius 2 is 1.41 bits per heavy atom. The summed E-state index contributed by atoms with van der Waals surface area (Å²) in [5, 5.41) is 25.3. The van der Waals surface area contributed by atoms with Gasteiger partial charge in [-0.3, -0.25) is 19.2 Å². The van der Waals surface area contributed by atoms with Crippen LogP contribution in [0, 0.1) is 5.92 Å². The molecule has 32 heavy (non-hydrogen) atoms. The van der Waals surface area contributed by atoms with Crippen molar-refractivity contribution >= 4 is 42.3 Å². The fourth-order valence-corrected chi connectivity index (χ4v) is 3.02. The largest absolute Gasteiger partial charge is 0.481 e. The molecule has 0 rings (SSSR count). The van der Waals surface area contributed by atoms with Crippen molar-refractivity contribution in [2.45, 2.75) is 70.1 Å². The standard InChI is InChI=1S/C19H35N5O7S/c1-10(2)7-11(21)16(27)23-13(8-15(25)26)17(28)24-14(9-32)18(29)22-12(19(30)31)5-3-4-6-20/h10-14,32H,3-9,20-21H2,1-2H3,(H,22,29)(H,23,27)(H,24,28)(H,25,26)(H,30,31). The number of thiol groups is 1. The van der Waals surface area contributed by atoms with Gasteiger partial charge in [-0.2, -0.15) is 12.6 Å². The molecular formula is C19H35N5O7S. The van der Waals surface area contributed by atoms with E-state index in [9.17, 15) is 29.1 Å². The Hall–Kier alpha value is -2.38.